The van der Waals surface area contributed by atoms with E-state index in [4.69, 9.17) is 16.2 Å². The van der Waals surface area contributed by atoms with Crippen LogP contribution in [0.4, 0.5) is 11.5 Å². The highest BCUT2D eigenvalue weighted by Gasteiger charge is 2.00. The first kappa shape index (κ1) is 12.0. The molecule has 2 aromatic rings. The van der Waals surface area contributed by atoms with Gasteiger partial charge in [-0.3, -0.25) is 4.79 Å². The molecule has 2 rings (SSSR count). The Bertz CT molecular complexity index is 577. The van der Waals surface area contributed by atoms with Gasteiger partial charge in [-0.2, -0.15) is 0 Å². The number of benzene rings is 1. The molecule has 0 aliphatic carbocycles. The van der Waals surface area contributed by atoms with Gasteiger partial charge in [-0.05, 0) is 24.3 Å². The molecule has 1 aromatic heterocycles. The van der Waals surface area contributed by atoms with Gasteiger partial charge in [0.25, 0.3) is 5.56 Å². The molecular weight excluding hydrogens is 232 g/mol. The lowest BCUT2D eigenvalue weighted by Crippen LogP contribution is -2.14. The van der Waals surface area contributed by atoms with Gasteiger partial charge in [0.2, 0.25) is 0 Å². The summed E-state index contributed by atoms with van der Waals surface area (Å²) < 4.78 is 5.49. The third-order valence-corrected chi connectivity index (χ3v) is 2.30. The Morgan fingerprint density at radius 2 is 1.94 bits per heavy atom. The van der Waals surface area contributed by atoms with E-state index in [0.29, 0.717) is 24.5 Å². The van der Waals surface area contributed by atoms with Crippen LogP contribution < -0.4 is 21.8 Å². The van der Waals surface area contributed by atoms with Crippen molar-refractivity contribution in [2.45, 2.75) is 6.42 Å². The fourth-order valence-electron chi connectivity index (χ4n) is 1.48. The monoisotopic (exact) mass is 246 g/mol. The number of nitrogens with one attached hydrogen (secondary N) is 1. The zero-order valence-corrected chi connectivity index (χ0v) is 9.72. The third kappa shape index (κ3) is 3.24. The molecular formula is C12H14N4O2. The Morgan fingerprint density at radius 3 is 2.61 bits per heavy atom. The van der Waals surface area contributed by atoms with Gasteiger partial charge < -0.3 is 21.2 Å². The summed E-state index contributed by atoms with van der Waals surface area (Å²) >= 11 is 0. The maximum absolute atomic E-state index is 11.2. The fourth-order valence-corrected chi connectivity index (χ4v) is 1.48. The molecule has 0 unspecified atom stereocenters. The number of nitrogens with two attached hydrogens (primary N) is 2. The summed E-state index contributed by atoms with van der Waals surface area (Å²) in [6.07, 6.45) is 0.477. The van der Waals surface area contributed by atoms with E-state index in [1.54, 1.807) is 24.3 Å². The largest absolute Gasteiger partial charge is 0.493 e. The number of rotatable bonds is 4. The number of H-pyrrole nitrogens is 1. The maximum atomic E-state index is 11.2. The summed E-state index contributed by atoms with van der Waals surface area (Å²) in [5.41, 5.74) is 11.5. The van der Waals surface area contributed by atoms with Gasteiger partial charge in [-0.25, -0.2) is 4.98 Å². The van der Waals surface area contributed by atoms with Crippen LogP contribution in [0.1, 0.15) is 5.82 Å². The molecule has 0 amide bonds. The zero-order chi connectivity index (χ0) is 13.0. The Labute approximate surface area is 104 Å². The lowest BCUT2D eigenvalue weighted by Gasteiger charge is -2.06. The molecule has 0 radical (unpaired) electrons. The van der Waals surface area contributed by atoms with E-state index in [-0.39, 0.29) is 11.4 Å². The van der Waals surface area contributed by atoms with E-state index in [1.165, 1.54) is 6.07 Å². The number of ether oxygens (including phenoxy) is 1. The molecule has 5 N–H and O–H groups in total. The molecule has 0 atom stereocenters. The fraction of sp³-hybridized carbons (Fsp3) is 0.167. The number of hydrogen-bond donors (Lipinski definition) is 3. The summed E-state index contributed by atoms with van der Waals surface area (Å²) in [5, 5.41) is 0. The summed E-state index contributed by atoms with van der Waals surface area (Å²) in [4.78, 5) is 17.7. The number of nitrogen functional groups attached to an aromatic ring is 2. The zero-order valence-electron chi connectivity index (χ0n) is 9.72. The second kappa shape index (κ2) is 5.22. The maximum Gasteiger partial charge on any atom is 0.252 e. The van der Waals surface area contributed by atoms with Crippen molar-refractivity contribution < 1.29 is 4.74 Å². The Hall–Kier alpha value is -2.50. The van der Waals surface area contributed by atoms with Crippen LogP contribution in [-0.4, -0.2) is 16.6 Å². The van der Waals surface area contributed by atoms with E-state index in [2.05, 4.69) is 9.97 Å². The Kier molecular flexibility index (Phi) is 3.47. The minimum atomic E-state index is -0.259. The lowest BCUT2D eigenvalue weighted by molar-refractivity contribution is 0.319. The van der Waals surface area contributed by atoms with Crippen molar-refractivity contribution in [2.75, 3.05) is 18.1 Å². The van der Waals surface area contributed by atoms with Gasteiger partial charge in [0.1, 0.15) is 17.4 Å². The first-order chi connectivity index (χ1) is 8.63. The number of hydrogen-bond acceptors (Lipinski definition) is 5. The third-order valence-electron chi connectivity index (χ3n) is 2.30. The van der Waals surface area contributed by atoms with Crippen LogP contribution in [0.5, 0.6) is 5.75 Å². The number of aromatic amines is 1. The molecule has 6 heteroatoms. The van der Waals surface area contributed by atoms with E-state index in [9.17, 15) is 4.79 Å². The second-order valence-corrected chi connectivity index (χ2v) is 3.78. The van der Waals surface area contributed by atoms with Gasteiger partial charge >= 0.3 is 0 Å². The molecule has 18 heavy (non-hydrogen) atoms. The smallest absolute Gasteiger partial charge is 0.252 e. The van der Waals surface area contributed by atoms with Gasteiger partial charge in [0.05, 0.1) is 6.61 Å². The summed E-state index contributed by atoms with van der Waals surface area (Å²) in [6, 6.07) is 8.33. The average molecular weight is 246 g/mol. The van der Waals surface area contributed by atoms with E-state index in [0.717, 1.165) is 5.75 Å². The molecule has 0 spiro atoms. The van der Waals surface area contributed by atoms with Gasteiger partial charge in [-0.1, -0.05) is 0 Å². The molecule has 1 heterocycles. The molecule has 0 saturated heterocycles. The van der Waals surface area contributed by atoms with Crippen LogP contribution in [0.15, 0.2) is 35.1 Å². The first-order valence-corrected chi connectivity index (χ1v) is 5.47. The predicted octanol–water partition coefficient (Wildman–Crippen LogP) is 0.556. The molecule has 1 aromatic carbocycles. The molecule has 94 valence electrons. The summed E-state index contributed by atoms with van der Waals surface area (Å²) in [5.74, 6) is 1.44. The van der Waals surface area contributed by atoms with Crippen molar-refractivity contribution in [3.05, 3.63) is 46.5 Å². The minimum Gasteiger partial charge on any atom is -0.493 e. The minimum absolute atomic E-state index is 0.209. The number of anilines is 2. The quantitative estimate of drug-likeness (QED) is 0.683. The second-order valence-electron chi connectivity index (χ2n) is 3.78. The highest BCUT2D eigenvalue weighted by Crippen LogP contribution is 2.13. The Morgan fingerprint density at radius 1 is 1.22 bits per heavy atom. The van der Waals surface area contributed by atoms with E-state index < -0.39 is 0 Å². The van der Waals surface area contributed by atoms with Crippen LogP contribution in [0.25, 0.3) is 0 Å². The van der Waals surface area contributed by atoms with Crippen molar-refractivity contribution in [1.82, 2.24) is 9.97 Å². The Balaban J connectivity index is 1.92. The molecule has 0 fully saturated rings. The van der Waals surface area contributed by atoms with Crippen molar-refractivity contribution in [3.8, 4) is 5.75 Å². The van der Waals surface area contributed by atoms with E-state index in [1.807, 2.05) is 0 Å². The molecule has 6 nitrogen and oxygen atoms in total. The van der Waals surface area contributed by atoms with E-state index >= 15 is 0 Å². The molecule has 0 aliphatic heterocycles. The van der Waals surface area contributed by atoms with Crippen LogP contribution in [-0.2, 0) is 6.42 Å². The van der Waals surface area contributed by atoms with Crippen molar-refractivity contribution >= 4 is 11.5 Å². The van der Waals surface area contributed by atoms with Crippen LogP contribution >= 0.6 is 0 Å². The molecule has 0 aliphatic rings. The number of nitrogens with zero attached hydrogens (tertiary/aromatic N) is 1. The van der Waals surface area contributed by atoms with Crippen LogP contribution in [0.3, 0.4) is 0 Å². The van der Waals surface area contributed by atoms with Crippen molar-refractivity contribution in [3.63, 3.8) is 0 Å². The van der Waals surface area contributed by atoms with Crippen LogP contribution in [0.2, 0.25) is 0 Å². The van der Waals surface area contributed by atoms with Crippen molar-refractivity contribution in [2.24, 2.45) is 0 Å². The highest BCUT2D eigenvalue weighted by molar-refractivity contribution is 5.41. The topological polar surface area (TPSA) is 107 Å². The van der Waals surface area contributed by atoms with Crippen molar-refractivity contribution in [1.29, 1.82) is 0 Å². The molecule has 0 bridgehead atoms. The van der Waals surface area contributed by atoms with Gasteiger partial charge in [-0.15, -0.1) is 0 Å². The molecule has 0 saturated carbocycles. The summed E-state index contributed by atoms with van der Waals surface area (Å²) in [6.45, 7) is 0.399. The number of aromatic nitrogens is 2. The lowest BCUT2D eigenvalue weighted by atomic mass is 10.3. The SMILES string of the molecule is Nc1ccc(OCCc2nc(N)cc(=O)[nH]2)cc1. The van der Waals surface area contributed by atoms with Gasteiger partial charge in [0.15, 0.2) is 0 Å². The average Bonchev–Trinajstić information content (AvgIpc) is 2.30. The normalized spacial score (nSPS) is 10.2. The first-order valence-electron chi connectivity index (χ1n) is 5.47. The highest BCUT2D eigenvalue weighted by atomic mass is 16.5. The summed E-state index contributed by atoms with van der Waals surface area (Å²) in [7, 11) is 0. The van der Waals surface area contributed by atoms with Gasteiger partial charge in [0, 0.05) is 18.2 Å². The predicted molar refractivity (Wildman–Crippen MR) is 69.3 cm³/mol. The standard InChI is InChI=1S/C12H14N4O2/c13-8-1-3-9(4-2-8)18-6-5-11-15-10(14)7-12(17)16-11/h1-4,7H,5-6,13H2,(H3,14,15,16,17). The van der Waals surface area contributed by atoms with Crippen LogP contribution in [0, 0.1) is 0 Å².